The zero-order chi connectivity index (χ0) is 29.7. The van der Waals surface area contributed by atoms with E-state index in [1.165, 1.54) is 5.56 Å². The van der Waals surface area contributed by atoms with Gasteiger partial charge in [-0.05, 0) is 80.9 Å². The van der Waals surface area contributed by atoms with E-state index in [9.17, 15) is 4.79 Å². The number of carbonyl (C=O) groups excluding carboxylic acids is 1. The van der Waals surface area contributed by atoms with E-state index in [0.717, 1.165) is 16.7 Å². The van der Waals surface area contributed by atoms with Crippen molar-refractivity contribution >= 4 is 38.3 Å². The largest absolute Gasteiger partial charge is 0.457 e. The van der Waals surface area contributed by atoms with Crippen molar-refractivity contribution in [2.24, 2.45) is 0 Å². The minimum absolute atomic E-state index is 0. The van der Waals surface area contributed by atoms with Crippen LogP contribution in [0.4, 0.5) is 0 Å². The molecule has 213 valence electrons. The molecule has 0 aliphatic heterocycles. The van der Waals surface area contributed by atoms with Crippen LogP contribution in [0.25, 0.3) is 0 Å². The Hall–Kier alpha value is -3.80. The normalized spacial score (nSPS) is 11.2. The van der Waals surface area contributed by atoms with Crippen LogP contribution in [0.5, 0.6) is 34.5 Å². The van der Waals surface area contributed by atoms with E-state index in [2.05, 4.69) is 32.9 Å². The quantitative estimate of drug-likeness (QED) is 0.128. The summed E-state index contributed by atoms with van der Waals surface area (Å²) >= 11 is 0. The van der Waals surface area contributed by atoms with Crippen molar-refractivity contribution in [3.05, 3.63) is 138 Å². The Labute approximate surface area is 268 Å². The molecule has 1 atom stereocenters. The summed E-state index contributed by atoms with van der Waals surface area (Å²) in [6.07, 6.45) is 0. The maximum Gasteiger partial charge on any atom is 0.186 e. The predicted octanol–water partition coefficient (Wildman–Crippen LogP) is 9.74. The molecule has 0 saturated heterocycles. The number of hydrogen-bond acceptors (Lipinski definition) is 4. The van der Waals surface area contributed by atoms with E-state index >= 15 is 0 Å². The van der Waals surface area contributed by atoms with E-state index in [1.54, 1.807) is 0 Å². The number of para-hydroxylation sites is 3. The van der Waals surface area contributed by atoms with Crippen molar-refractivity contribution in [1.82, 2.24) is 0 Å². The summed E-state index contributed by atoms with van der Waals surface area (Å²) in [6, 6.07) is 36.5. The summed E-state index contributed by atoms with van der Waals surface area (Å²) in [5.74, 6) is 3.55. The summed E-state index contributed by atoms with van der Waals surface area (Å²) in [6.45, 7) is 10.6. The van der Waals surface area contributed by atoms with Crippen molar-refractivity contribution in [1.29, 1.82) is 0 Å². The molecule has 4 nitrogen and oxygen atoms in total. The number of rotatable bonds is 9. The third-order valence-corrected chi connectivity index (χ3v) is 8.04. The standard InChI is InChI=1S/C37H35O4P.Li/c1-25-21-27(37(3,4)5)22-26(2)34(25)36(38)42-35-32(40-29-17-11-7-12-18-29)23-31(39-28-15-9-6-10-16-28)24-33(35)41-30-19-13-8-14-20-30;/h6-24,42H,1-5H3;. The molecule has 0 fully saturated rings. The molecule has 0 spiro atoms. The van der Waals surface area contributed by atoms with Crippen LogP contribution in [0.2, 0.25) is 0 Å². The first-order chi connectivity index (χ1) is 20.2. The van der Waals surface area contributed by atoms with E-state index in [1.807, 2.05) is 117 Å². The summed E-state index contributed by atoms with van der Waals surface area (Å²) in [5, 5.41) is 0.673. The van der Waals surface area contributed by atoms with E-state index in [4.69, 9.17) is 14.2 Å². The Morgan fingerprint density at radius 1 is 0.581 bits per heavy atom. The van der Waals surface area contributed by atoms with Crippen LogP contribution in [-0.2, 0) is 5.41 Å². The van der Waals surface area contributed by atoms with Gasteiger partial charge in [0.2, 0.25) is 0 Å². The van der Waals surface area contributed by atoms with Crippen molar-refractivity contribution in [3.63, 3.8) is 0 Å². The van der Waals surface area contributed by atoms with Gasteiger partial charge < -0.3 is 14.2 Å². The molecule has 0 aliphatic rings. The molecule has 5 rings (SSSR count). The molecule has 0 saturated carbocycles. The maximum absolute atomic E-state index is 14.1. The summed E-state index contributed by atoms with van der Waals surface area (Å²) < 4.78 is 19.1. The molecule has 0 aromatic heterocycles. The van der Waals surface area contributed by atoms with Gasteiger partial charge in [-0.1, -0.05) is 87.5 Å². The van der Waals surface area contributed by atoms with E-state index < -0.39 is 0 Å². The molecule has 1 radical (unpaired) electrons. The molecule has 0 bridgehead atoms. The van der Waals surface area contributed by atoms with E-state index in [0.29, 0.717) is 39.8 Å². The van der Waals surface area contributed by atoms with Gasteiger partial charge in [0.1, 0.15) is 34.5 Å². The molecule has 0 aliphatic carbocycles. The van der Waals surface area contributed by atoms with Gasteiger partial charge in [-0.3, -0.25) is 4.79 Å². The van der Waals surface area contributed by atoms with Gasteiger partial charge in [0.05, 0.1) is 5.30 Å². The molecule has 5 aromatic carbocycles. The molecule has 1 unspecified atom stereocenters. The van der Waals surface area contributed by atoms with Crippen LogP contribution >= 0.6 is 8.58 Å². The summed E-state index contributed by atoms with van der Waals surface area (Å²) in [4.78, 5) is 14.1. The Morgan fingerprint density at radius 3 is 1.37 bits per heavy atom. The van der Waals surface area contributed by atoms with Gasteiger partial charge in [-0.25, -0.2) is 0 Å². The maximum atomic E-state index is 14.1. The summed E-state index contributed by atoms with van der Waals surface area (Å²) in [5.41, 5.74) is 3.90. The number of benzene rings is 5. The first kappa shape index (κ1) is 32.1. The van der Waals surface area contributed by atoms with Crippen molar-refractivity contribution in [2.75, 3.05) is 0 Å². The van der Waals surface area contributed by atoms with Crippen LogP contribution < -0.4 is 19.5 Å². The fourth-order valence-corrected chi connectivity index (χ4v) is 5.93. The average Bonchev–Trinajstić information content (AvgIpc) is 2.95. The Morgan fingerprint density at radius 2 is 0.977 bits per heavy atom. The number of aryl methyl sites for hydroxylation is 2. The zero-order valence-corrected chi connectivity index (χ0v) is 26.6. The van der Waals surface area contributed by atoms with Gasteiger partial charge in [-0.15, -0.1) is 0 Å². The third kappa shape index (κ3) is 8.18. The molecular weight excluding hydrogens is 546 g/mol. The van der Waals surface area contributed by atoms with Crippen molar-refractivity contribution in [2.45, 2.75) is 40.0 Å². The third-order valence-electron chi connectivity index (χ3n) is 6.82. The van der Waals surface area contributed by atoms with Crippen LogP contribution in [0.1, 0.15) is 47.8 Å². The van der Waals surface area contributed by atoms with Gasteiger partial charge in [0, 0.05) is 36.6 Å². The second-order valence-electron chi connectivity index (χ2n) is 11.2. The average molecular weight is 582 g/mol. The second-order valence-corrected chi connectivity index (χ2v) is 12.4. The SMILES string of the molecule is Cc1cc(C(C)(C)C)cc(C)c1C(=O)Pc1c(Oc2ccccc2)cc(Oc2ccccc2)cc1Oc1ccccc1.[Li]. The zero-order valence-electron chi connectivity index (χ0n) is 25.6. The van der Waals surface area contributed by atoms with Crippen LogP contribution in [0.15, 0.2) is 115 Å². The smallest absolute Gasteiger partial charge is 0.186 e. The van der Waals surface area contributed by atoms with Crippen molar-refractivity contribution in [3.8, 4) is 34.5 Å². The number of carbonyl (C=O) groups is 1. The van der Waals surface area contributed by atoms with Gasteiger partial charge in [0.25, 0.3) is 0 Å². The fourth-order valence-electron chi connectivity index (χ4n) is 4.70. The minimum atomic E-state index is -0.247. The number of hydrogen-bond donors (Lipinski definition) is 0. The summed E-state index contributed by atoms with van der Waals surface area (Å²) in [7, 11) is -0.247. The monoisotopic (exact) mass is 581 g/mol. The Kier molecular flexibility index (Phi) is 10.5. The van der Waals surface area contributed by atoms with E-state index in [-0.39, 0.29) is 38.4 Å². The first-order valence-electron chi connectivity index (χ1n) is 14.0. The van der Waals surface area contributed by atoms with Gasteiger partial charge in [0.15, 0.2) is 5.52 Å². The Balaban J connectivity index is 0.00000423. The molecular formula is C37H35LiO4P. The number of ether oxygens (including phenoxy) is 3. The van der Waals surface area contributed by atoms with Gasteiger partial charge >= 0.3 is 0 Å². The molecule has 5 aromatic rings. The molecule has 43 heavy (non-hydrogen) atoms. The topological polar surface area (TPSA) is 44.8 Å². The molecule has 0 amide bonds. The molecule has 6 heteroatoms. The first-order valence-corrected chi connectivity index (χ1v) is 15.0. The molecule has 0 heterocycles. The van der Waals surface area contributed by atoms with Crippen LogP contribution in [0, 0.1) is 13.8 Å². The predicted molar refractivity (Wildman–Crippen MR) is 179 cm³/mol. The Bertz CT molecular complexity index is 1600. The molecule has 0 N–H and O–H groups in total. The van der Waals surface area contributed by atoms with Crippen LogP contribution in [-0.4, -0.2) is 24.4 Å². The van der Waals surface area contributed by atoms with Gasteiger partial charge in [-0.2, -0.15) is 0 Å². The van der Waals surface area contributed by atoms with Crippen LogP contribution in [0.3, 0.4) is 0 Å². The minimum Gasteiger partial charge on any atom is -0.457 e. The fraction of sp³-hybridized carbons (Fsp3) is 0.162. The second kappa shape index (κ2) is 14.1. The van der Waals surface area contributed by atoms with Crippen molar-refractivity contribution < 1.29 is 19.0 Å².